The van der Waals surface area contributed by atoms with Gasteiger partial charge in [-0.15, -0.1) is 0 Å². The molecular formula is C44H57FN4O11. The molecule has 3 aromatic carbocycles. The normalized spacial score (nSPS) is 17.3. The van der Waals surface area contributed by atoms with E-state index >= 15 is 0 Å². The highest BCUT2D eigenvalue weighted by molar-refractivity contribution is 6.12. The Kier molecular flexibility index (Phi) is 16.1. The topological polar surface area (TPSA) is 185 Å². The average molecular weight is 837 g/mol. The van der Waals surface area contributed by atoms with Crippen LogP contribution >= 0.6 is 0 Å². The molecular weight excluding hydrogens is 779 g/mol. The van der Waals surface area contributed by atoms with Crippen molar-refractivity contribution in [2.45, 2.75) is 110 Å². The summed E-state index contributed by atoms with van der Waals surface area (Å²) in [5, 5.41) is 38.1. The number of benzene rings is 3. The predicted molar refractivity (Wildman–Crippen MR) is 217 cm³/mol. The Hall–Kier alpha value is -4.59. The van der Waals surface area contributed by atoms with Gasteiger partial charge in [-0.1, -0.05) is 76.2 Å². The molecule has 0 bridgehead atoms. The highest BCUT2D eigenvalue weighted by atomic mass is 19.1. The molecule has 1 aliphatic heterocycles. The zero-order valence-electron chi connectivity index (χ0n) is 34.9. The summed E-state index contributed by atoms with van der Waals surface area (Å²) >= 11 is 0. The summed E-state index contributed by atoms with van der Waals surface area (Å²) in [5.41, 5.74) is 4.53. The minimum absolute atomic E-state index is 0.0281. The van der Waals surface area contributed by atoms with Crippen molar-refractivity contribution in [3.63, 3.8) is 0 Å². The number of nitrogens with zero attached hydrogens (tertiary/aromatic N) is 3. The van der Waals surface area contributed by atoms with E-state index in [0.29, 0.717) is 37.1 Å². The van der Waals surface area contributed by atoms with Crippen molar-refractivity contribution in [2.75, 3.05) is 18.5 Å². The van der Waals surface area contributed by atoms with Crippen LogP contribution in [0.25, 0.3) is 22.4 Å². The number of aromatic nitrogens is 1. The molecule has 16 heteroatoms. The Bertz CT molecular complexity index is 1990. The molecule has 326 valence electrons. The Balaban J connectivity index is 1.36. The first-order valence-electron chi connectivity index (χ1n) is 20.0. The molecule has 0 saturated carbocycles. The summed E-state index contributed by atoms with van der Waals surface area (Å²) in [4.78, 5) is 37.1. The molecule has 1 fully saturated rings. The number of ether oxygens (including phenoxy) is 3. The highest BCUT2D eigenvalue weighted by Gasteiger charge is 2.38. The average Bonchev–Trinajstić information content (AvgIpc) is 3.52. The van der Waals surface area contributed by atoms with E-state index in [1.807, 2.05) is 88.4 Å². The third-order valence-corrected chi connectivity index (χ3v) is 10.2. The Morgan fingerprint density at radius 3 is 2.17 bits per heavy atom. The molecule has 2 heterocycles. The van der Waals surface area contributed by atoms with Crippen LogP contribution in [0.1, 0.15) is 95.6 Å². The van der Waals surface area contributed by atoms with Gasteiger partial charge < -0.3 is 24.1 Å². The van der Waals surface area contributed by atoms with E-state index < -0.39 is 46.8 Å². The van der Waals surface area contributed by atoms with Crippen LogP contribution in [0.2, 0.25) is 0 Å². The van der Waals surface area contributed by atoms with Crippen molar-refractivity contribution in [2.24, 2.45) is 5.41 Å². The van der Waals surface area contributed by atoms with Crippen molar-refractivity contribution in [1.82, 2.24) is 15.3 Å². The van der Waals surface area contributed by atoms with Gasteiger partial charge in [0.1, 0.15) is 18.5 Å². The summed E-state index contributed by atoms with van der Waals surface area (Å²) in [5.74, 6) is -2.23. The van der Waals surface area contributed by atoms with Crippen LogP contribution in [0.5, 0.6) is 0 Å². The van der Waals surface area contributed by atoms with Crippen LogP contribution in [0, 0.1) is 11.2 Å². The highest BCUT2D eigenvalue weighted by Crippen LogP contribution is 2.43. The fraction of sp³-hybridized carbons (Fsp3) is 0.455. The third-order valence-electron chi connectivity index (χ3n) is 10.2. The molecule has 15 nitrogen and oxygen atoms in total. The zero-order valence-corrected chi connectivity index (χ0v) is 34.9. The van der Waals surface area contributed by atoms with E-state index in [1.54, 1.807) is 26.0 Å². The lowest BCUT2D eigenvalue weighted by Gasteiger charge is -2.41. The molecule has 1 unspecified atom stereocenters. The van der Waals surface area contributed by atoms with E-state index in [1.165, 1.54) is 12.1 Å². The fourth-order valence-electron chi connectivity index (χ4n) is 7.82. The second-order valence-electron chi connectivity index (χ2n) is 16.5. The number of hydrogen-bond donors (Lipinski definition) is 5. The van der Waals surface area contributed by atoms with E-state index in [-0.39, 0.29) is 43.2 Å². The van der Waals surface area contributed by atoms with Gasteiger partial charge in [0.25, 0.3) is 5.91 Å². The Morgan fingerprint density at radius 1 is 0.917 bits per heavy atom. The standard InChI is InChI=1S/C44H57FN4O11/c1-29(2)40-39(42(51)46-33-15-11-8-12-16-33)38(30-13-9-7-10-14-30)41(31-17-19-32(45)20-18-31)47(40)23-21-34-25-35(59-44(5,6)58-34)26-37(50)56-24-22-43(3,4)27-36(60-49(54)55)28-57-48(52)53/h7-20,29,34-36,52-55H,21-28H2,1-6H3,(H,46,51)/t34-,35-,36?/m1/s1. The van der Waals surface area contributed by atoms with Crippen LogP contribution < -0.4 is 5.32 Å². The maximum atomic E-state index is 14.5. The first-order chi connectivity index (χ1) is 28.4. The maximum Gasteiger partial charge on any atom is 0.308 e. The van der Waals surface area contributed by atoms with Crippen LogP contribution in [0.3, 0.4) is 0 Å². The third kappa shape index (κ3) is 13.2. The van der Waals surface area contributed by atoms with Crippen molar-refractivity contribution in [1.29, 1.82) is 0 Å². The van der Waals surface area contributed by atoms with Crippen LogP contribution in [-0.4, -0.2) is 85.4 Å². The van der Waals surface area contributed by atoms with Crippen molar-refractivity contribution >= 4 is 17.6 Å². The lowest BCUT2D eigenvalue weighted by molar-refractivity contribution is -0.528. The molecule has 0 aliphatic carbocycles. The second-order valence-corrected chi connectivity index (χ2v) is 16.5. The molecule has 5 N–H and O–H groups in total. The van der Waals surface area contributed by atoms with Crippen LogP contribution in [0.15, 0.2) is 84.9 Å². The van der Waals surface area contributed by atoms with Gasteiger partial charge in [0.05, 0.1) is 47.3 Å². The summed E-state index contributed by atoms with van der Waals surface area (Å²) < 4.78 is 34.8. The zero-order chi connectivity index (χ0) is 43.6. The molecule has 4 aromatic rings. The van der Waals surface area contributed by atoms with Gasteiger partial charge in [0.2, 0.25) is 0 Å². The maximum absolute atomic E-state index is 14.5. The first kappa shape index (κ1) is 46.5. The van der Waals surface area contributed by atoms with E-state index in [0.717, 1.165) is 28.1 Å². The smallest absolute Gasteiger partial charge is 0.308 e. The number of carbonyl (C=O) groups excluding carboxylic acids is 2. The lowest BCUT2D eigenvalue weighted by Crippen LogP contribution is -2.45. The fourth-order valence-corrected chi connectivity index (χ4v) is 7.82. The van der Waals surface area contributed by atoms with Gasteiger partial charge in [0, 0.05) is 29.9 Å². The molecule has 1 saturated heterocycles. The molecule has 1 aromatic heterocycles. The quantitative estimate of drug-likeness (QED) is 0.0421. The van der Waals surface area contributed by atoms with Gasteiger partial charge in [-0.2, -0.15) is 0 Å². The number of para-hydroxylation sites is 1. The minimum Gasteiger partial charge on any atom is -0.466 e. The van der Waals surface area contributed by atoms with Gasteiger partial charge in [-0.25, -0.2) is 14.1 Å². The van der Waals surface area contributed by atoms with Crippen molar-refractivity contribution in [3.8, 4) is 22.4 Å². The van der Waals surface area contributed by atoms with Gasteiger partial charge in [-0.05, 0) is 92.0 Å². The lowest BCUT2D eigenvalue weighted by atomic mass is 9.84. The number of halogens is 1. The number of carbonyl (C=O) groups is 2. The SMILES string of the molecule is CC(C)c1c(C(=O)Nc2ccccc2)c(-c2ccccc2)c(-c2ccc(F)cc2)n1CC[C@@H]1C[C@H](CC(=O)OCCC(C)(C)CC(CON(O)O)ON(O)O)OC(C)(C)O1. The summed E-state index contributed by atoms with van der Waals surface area (Å²) in [6.45, 7) is 11.4. The van der Waals surface area contributed by atoms with Crippen LogP contribution in [0.4, 0.5) is 10.1 Å². The number of anilines is 1. The predicted octanol–water partition coefficient (Wildman–Crippen LogP) is 8.77. The Labute approximate surface area is 349 Å². The molecule has 1 amide bonds. The van der Waals surface area contributed by atoms with Gasteiger partial charge in [0.15, 0.2) is 5.79 Å². The molecule has 60 heavy (non-hydrogen) atoms. The molecule has 1 aliphatic rings. The second kappa shape index (κ2) is 20.8. The number of hydrogen-bond acceptors (Lipinski definition) is 13. The van der Waals surface area contributed by atoms with E-state index in [2.05, 4.69) is 14.7 Å². The van der Waals surface area contributed by atoms with E-state index in [4.69, 9.17) is 39.9 Å². The monoisotopic (exact) mass is 836 g/mol. The minimum atomic E-state index is -1.02. The number of rotatable bonds is 20. The van der Waals surface area contributed by atoms with Gasteiger partial charge >= 0.3 is 5.97 Å². The molecule has 5 rings (SSSR count). The Morgan fingerprint density at radius 2 is 1.55 bits per heavy atom. The molecule has 0 spiro atoms. The number of esters is 1. The van der Waals surface area contributed by atoms with Crippen molar-refractivity contribution in [3.05, 3.63) is 102 Å². The number of amides is 1. The largest absolute Gasteiger partial charge is 0.466 e. The first-order valence-corrected chi connectivity index (χ1v) is 20.0. The molecule has 0 radical (unpaired) electrons. The van der Waals surface area contributed by atoms with E-state index in [9.17, 15) is 14.0 Å². The summed E-state index contributed by atoms with van der Waals surface area (Å²) in [6, 6.07) is 25.3. The van der Waals surface area contributed by atoms with Crippen molar-refractivity contribution < 1.29 is 58.7 Å². The molecule has 3 atom stereocenters. The van der Waals surface area contributed by atoms with Gasteiger partial charge in [-0.3, -0.25) is 30.4 Å². The number of nitrogens with one attached hydrogen (secondary N) is 1. The summed E-state index contributed by atoms with van der Waals surface area (Å²) in [7, 11) is 0. The summed E-state index contributed by atoms with van der Waals surface area (Å²) in [6.07, 6.45) is -0.454. The van der Waals surface area contributed by atoms with Crippen LogP contribution in [-0.2, 0) is 35.2 Å².